The number of hydrogen-bond acceptors (Lipinski definition) is 3. The van der Waals surface area contributed by atoms with Gasteiger partial charge >= 0.3 is 0 Å². The zero-order valence-corrected chi connectivity index (χ0v) is 9.31. The van der Waals surface area contributed by atoms with Gasteiger partial charge < -0.3 is 4.74 Å². The predicted molar refractivity (Wildman–Crippen MR) is 57.7 cm³/mol. The molecule has 0 radical (unpaired) electrons. The highest BCUT2D eigenvalue weighted by Crippen LogP contribution is 2.04. The molecule has 0 N–H and O–H groups in total. The molecule has 13 heavy (non-hydrogen) atoms. The van der Waals surface area contributed by atoms with Crippen molar-refractivity contribution in [2.24, 2.45) is 0 Å². The van der Waals surface area contributed by atoms with E-state index >= 15 is 0 Å². The van der Waals surface area contributed by atoms with Gasteiger partial charge in [-0.2, -0.15) is 0 Å². The van der Waals surface area contributed by atoms with Gasteiger partial charge in [0.1, 0.15) is 0 Å². The molecule has 0 atom stereocenters. The van der Waals surface area contributed by atoms with E-state index in [0.29, 0.717) is 18.2 Å². The van der Waals surface area contributed by atoms with Crippen LogP contribution in [0.5, 0.6) is 0 Å². The predicted octanol–water partition coefficient (Wildman–Crippen LogP) is 0.401. The van der Waals surface area contributed by atoms with Crippen molar-refractivity contribution in [3.63, 3.8) is 0 Å². The quantitative estimate of drug-likeness (QED) is 0.625. The van der Waals surface area contributed by atoms with Crippen LogP contribution >= 0.6 is 0 Å². The summed E-state index contributed by atoms with van der Waals surface area (Å²) in [6.07, 6.45) is 0.269. The van der Waals surface area contributed by atoms with E-state index in [-0.39, 0.29) is 6.10 Å². The Hall–Kier alpha value is -0.0600. The maximum Gasteiger partial charge on any atom is 0.0994 e. The molecule has 0 bridgehead atoms. The standard InChI is InChI=1S/C9H19NO2S/c1-9(2)12-8-10-4-6-13(3,11)7-5-10/h9H,3-8H2,1-2H3. The molecule has 78 valence electrons. The van der Waals surface area contributed by atoms with Gasteiger partial charge in [0.25, 0.3) is 0 Å². The van der Waals surface area contributed by atoms with Crippen LogP contribution in [0.3, 0.4) is 0 Å². The van der Waals surface area contributed by atoms with Gasteiger partial charge in [-0.25, -0.2) is 0 Å². The molecule has 0 unspecified atom stereocenters. The van der Waals surface area contributed by atoms with E-state index in [4.69, 9.17) is 4.74 Å². The topological polar surface area (TPSA) is 29.5 Å². The van der Waals surface area contributed by atoms with Gasteiger partial charge in [-0.15, -0.1) is 0 Å². The molecule has 0 aromatic heterocycles. The highest BCUT2D eigenvalue weighted by molar-refractivity contribution is 8.00. The monoisotopic (exact) mass is 205 g/mol. The van der Waals surface area contributed by atoms with E-state index < -0.39 is 9.52 Å². The first-order valence-electron chi connectivity index (χ1n) is 4.66. The van der Waals surface area contributed by atoms with E-state index in [2.05, 4.69) is 10.8 Å². The van der Waals surface area contributed by atoms with Gasteiger partial charge in [0.15, 0.2) is 0 Å². The molecule has 0 amide bonds. The largest absolute Gasteiger partial charge is 0.363 e. The summed E-state index contributed by atoms with van der Waals surface area (Å²) in [4.78, 5) is 2.19. The third-order valence-electron chi connectivity index (χ3n) is 2.15. The second kappa shape index (κ2) is 4.44. The van der Waals surface area contributed by atoms with Crippen molar-refractivity contribution >= 4 is 15.4 Å². The molecule has 1 heterocycles. The van der Waals surface area contributed by atoms with Crippen LogP contribution in [0.4, 0.5) is 0 Å². The minimum atomic E-state index is -1.75. The molecular weight excluding hydrogens is 186 g/mol. The van der Waals surface area contributed by atoms with Gasteiger partial charge in [-0.3, -0.25) is 9.11 Å². The van der Waals surface area contributed by atoms with Crippen molar-refractivity contribution in [2.75, 3.05) is 31.3 Å². The van der Waals surface area contributed by atoms with Crippen LogP contribution in [0.25, 0.3) is 0 Å². The number of nitrogens with zero attached hydrogens (tertiary/aromatic N) is 1. The third kappa shape index (κ3) is 4.11. The summed E-state index contributed by atoms with van der Waals surface area (Å²) in [6.45, 7) is 6.42. The molecule has 1 saturated heterocycles. The van der Waals surface area contributed by atoms with Crippen molar-refractivity contribution in [1.29, 1.82) is 0 Å². The molecule has 0 aliphatic carbocycles. The Bertz CT molecular complexity index is 232. The first-order valence-corrected chi connectivity index (χ1v) is 6.73. The van der Waals surface area contributed by atoms with E-state index in [9.17, 15) is 4.21 Å². The second-order valence-corrected chi connectivity index (χ2v) is 6.59. The van der Waals surface area contributed by atoms with Gasteiger partial charge in [-0.1, -0.05) is 0 Å². The number of rotatable bonds is 3. The van der Waals surface area contributed by atoms with E-state index in [1.54, 1.807) is 0 Å². The lowest BCUT2D eigenvalue weighted by molar-refractivity contribution is -0.00255. The van der Waals surface area contributed by atoms with Gasteiger partial charge in [0.05, 0.1) is 12.8 Å². The van der Waals surface area contributed by atoms with Crippen molar-refractivity contribution in [1.82, 2.24) is 4.90 Å². The summed E-state index contributed by atoms with van der Waals surface area (Å²) in [6, 6.07) is 0. The first-order chi connectivity index (χ1) is 5.99. The van der Waals surface area contributed by atoms with Crippen LogP contribution in [0.2, 0.25) is 0 Å². The normalized spacial score (nSPS) is 23.6. The lowest BCUT2D eigenvalue weighted by Crippen LogP contribution is -2.41. The molecule has 4 heteroatoms. The molecule has 0 aromatic carbocycles. The highest BCUT2D eigenvalue weighted by atomic mass is 32.2. The summed E-state index contributed by atoms with van der Waals surface area (Å²) >= 11 is 0. The van der Waals surface area contributed by atoms with Gasteiger partial charge in [-0.05, 0) is 29.2 Å². The van der Waals surface area contributed by atoms with Crippen LogP contribution in [0.1, 0.15) is 13.8 Å². The van der Waals surface area contributed by atoms with E-state index in [1.807, 2.05) is 13.8 Å². The van der Waals surface area contributed by atoms with Crippen molar-refractivity contribution in [3.05, 3.63) is 0 Å². The second-order valence-electron chi connectivity index (χ2n) is 3.84. The van der Waals surface area contributed by atoms with Crippen molar-refractivity contribution in [3.8, 4) is 0 Å². The lowest BCUT2D eigenvalue weighted by Gasteiger charge is -2.28. The summed E-state index contributed by atoms with van der Waals surface area (Å²) in [5.41, 5.74) is 0. The summed E-state index contributed by atoms with van der Waals surface area (Å²) in [5, 5.41) is 0. The van der Waals surface area contributed by atoms with Crippen LogP contribution in [0.15, 0.2) is 0 Å². The molecule has 0 spiro atoms. The van der Waals surface area contributed by atoms with E-state index in [1.165, 1.54) is 0 Å². The minimum absolute atomic E-state index is 0.269. The summed E-state index contributed by atoms with van der Waals surface area (Å²) in [5.74, 6) is 5.15. The van der Waals surface area contributed by atoms with Gasteiger partial charge in [0.2, 0.25) is 0 Å². The zero-order chi connectivity index (χ0) is 9.90. The molecule has 0 saturated carbocycles. The number of hydrogen-bond donors (Lipinski definition) is 0. The first kappa shape index (κ1) is 11.0. The maximum atomic E-state index is 11.5. The lowest BCUT2D eigenvalue weighted by atomic mass is 10.5. The maximum absolute atomic E-state index is 11.5. The van der Waals surface area contributed by atoms with Crippen LogP contribution in [0, 0.1) is 0 Å². The van der Waals surface area contributed by atoms with Crippen LogP contribution in [-0.4, -0.2) is 52.4 Å². The number of ether oxygens (including phenoxy) is 1. The van der Waals surface area contributed by atoms with Crippen molar-refractivity contribution < 1.29 is 8.95 Å². The molecule has 0 aromatic rings. The molecule has 1 aliphatic rings. The Balaban J connectivity index is 2.26. The van der Waals surface area contributed by atoms with Crippen molar-refractivity contribution in [2.45, 2.75) is 20.0 Å². The summed E-state index contributed by atoms with van der Waals surface area (Å²) in [7, 11) is -1.75. The zero-order valence-electron chi connectivity index (χ0n) is 8.49. The molecule has 1 aliphatic heterocycles. The van der Waals surface area contributed by atoms with Crippen LogP contribution < -0.4 is 0 Å². The molecule has 3 nitrogen and oxygen atoms in total. The smallest absolute Gasteiger partial charge is 0.0994 e. The Morgan fingerprint density at radius 3 is 2.46 bits per heavy atom. The average Bonchev–Trinajstić information content (AvgIpc) is 2.02. The average molecular weight is 205 g/mol. The Labute approximate surface area is 81.1 Å². The fourth-order valence-corrected chi connectivity index (χ4v) is 2.57. The fourth-order valence-electron chi connectivity index (χ4n) is 1.19. The molecular formula is C9H19NO2S. The highest BCUT2D eigenvalue weighted by Gasteiger charge is 2.17. The van der Waals surface area contributed by atoms with Crippen LogP contribution in [-0.2, 0) is 14.3 Å². The SMILES string of the molecule is C=S1(=O)CCN(COC(C)C)CC1. The third-order valence-corrected chi connectivity index (χ3v) is 4.00. The molecule has 1 rings (SSSR count). The fraction of sp³-hybridized carbons (Fsp3) is 0.889. The Kier molecular flexibility index (Phi) is 3.76. The molecule has 1 fully saturated rings. The Morgan fingerprint density at radius 1 is 1.46 bits per heavy atom. The summed E-state index contributed by atoms with van der Waals surface area (Å²) < 4.78 is 17.0. The minimum Gasteiger partial charge on any atom is -0.363 e. The van der Waals surface area contributed by atoms with Gasteiger partial charge in [0, 0.05) is 24.6 Å². The Morgan fingerprint density at radius 2 is 2.00 bits per heavy atom. The van der Waals surface area contributed by atoms with E-state index in [0.717, 1.165) is 13.1 Å².